The van der Waals surface area contributed by atoms with Gasteiger partial charge in [-0.25, -0.2) is 4.79 Å². The molecule has 0 bridgehead atoms. The SMILES string of the molecule is CCn1cc2c(n1)C(CC(=O)O)CN(C(=O)OC(C)(C)C)C2. The Kier molecular flexibility index (Phi) is 4.44. The normalized spacial score (nSPS) is 18.0. The van der Waals surface area contributed by atoms with Crippen molar-refractivity contribution in [1.82, 2.24) is 14.7 Å². The van der Waals surface area contributed by atoms with Gasteiger partial charge in [-0.3, -0.25) is 9.48 Å². The minimum Gasteiger partial charge on any atom is -0.481 e. The number of hydrogen-bond donors (Lipinski definition) is 1. The van der Waals surface area contributed by atoms with Crippen LogP contribution in [0.5, 0.6) is 0 Å². The van der Waals surface area contributed by atoms with Gasteiger partial charge in [0.25, 0.3) is 0 Å². The zero-order valence-corrected chi connectivity index (χ0v) is 13.5. The Bertz CT molecular complexity index is 574. The summed E-state index contributed by atoms with van der Waals surface area (Å²) >= 11 is 0. The van der Waals surface area contributed by atoms with Crippen LogP contribution in [-0.2, 0) is 22.6 Å². The summed E-state index contributed by atoms with van der Waals surface area (Å²) in [5, 5.41) is 13.5. The lowest BCUT2D eigenvalue weighted by molar-refractivity contribution is -0.137. The van der Waals surface area contributed by atoms with Crippen molar-refractivity contribution in [3.63, 3.8) is 0 Å². The first kappa shape index (κ1) is 16.3. The maximum atomic E-state index is 12.3. The molecule has 1 aromatic rings. The van der Waals surface area contributed by atoms with E-state index in [1.165, 1.54) is 0 Å². The fourth-order valence-corrected chi connectivity index (χ4v) is 2.57. The topological polar surface area (TPSA) is 84.7 Å². The Labute approximate surface area is 129 Å². The number of aromatic nitrogens is 2. The summed E-state index contributed by atoms with van der Waals surface area (Å²) in [6.45, 7) is 8.82. The van der Waals surface area contributed by atoms with Crippen molar-refractivity contribution in [1.29, 1.82) is 0 Å². The van der Waals surface area contributed by atoms with Crippen LogP contribution in [0.2, 0.25) is 0 Å². The predicted molar refractivity (Wildman–Crippen MR) is 79.5 cm³/mol. The molecular weight excluding hydrogens is 286 g/mol. The van der Waals surface area contributed by atoms with Crippen molar-refractivity contribution in [2.45, 2.75) is 58.7 Å². The van der Waals surface area contributed by atoms with Crippen LogP contribution in [0, 0.1) is 0 Å². The van der Waals surface area contributed by atoms with Gasteiger partial charge in [0.1, 0.15) is 5.60 Å². The highest BCUT2D eigenvalue weighted by Crippen LogP contribution is 2.30. The summed E-state index contributed by atoms with van der Waals surface area (Å²) in [6.07, 6.45) is 1.41. The minimum atomic E-state index is -0.895. The summed E-state index contributed by atoms with van der Waals surface area (Å²) in [5.41, 5.74) is 1.10. The van der Waals surface area contributed by atoms with Gasteiger partial charge >= 0.3 is 12.1 Å². The molecule has 1 atom stereocenters. The molecule has 7 heteroatoms. The molecular formula is C15H23N3O4. The molecule has 1 aromatic heterocycles. The highest BCUT2D eigenvalue weighted by molar-refractivity contribution is 5.70. The molecule has 1 unspecified atom stereocenters. The van der Waals surface area contributed by atoms with E-state index in [9.17, 15) is 9.59 Å². The highest BCUT2D eigenvalue weighted by atomic mass is 16.6. The number of aryl methyl sites for hydroxylation is 1. The molecule has 0 fully saturated rings. The second-order valence-electron chi connectivity index (χ2n) is 6.55. The molecule has 2 rings (SSSR count). The van der Waals surface area contributed by atoms with E-state index in [1.807, 2.05) is 33.9 Å². The van der Waals surface area contributed by atoms with E-state index in [1.54, 1.807) is 9.58 Å². The lowest BCUT2D eigenvalue weighted by atomic mass is 9.94. The van der Waals surface area contributed by atoms with Gasteiger partial charge in [-0.05, 0) is 27.7 Å². The van der Waals surface area contributed by atoms with Crippen LogP contribution in [0.4, 0.5) is 4.79 Å². The quantitative estimate of drug-likeness (QED) is 0.925. The average Bonchev–Trinajstić information content (AvgIpc) is 2.79. The van der Waals surface area contributed by atoms with E-state index in [4.69, 9.17) is 9.84 Å². The summed E-state index contributed by atoms with van der Waals surface area (Å²) < 4.78 is 7.17. The van der Waals surface area contributed by atoms with Crippen LogP contribution in [0.25, 0.3) is 0 Å². The van der Waals surface area contributed by atoms with Crippen molar-refractivity contribution in [2.24, 2.45) is 0 Å². The van der Waals surface area contributed by atoms with E-state index in [2.05, 4.69) is 5.10 Å². The molecule has 2 heterocycles. The van der Waals surface area contributed by atoms with Crippen LogP contribution in [0.1, 0.15) is 51.3 Å². The van der Waals surface area contributed by atoms with E-state index < -0.39 is 17.7 Å². The summed E-state index contributed by atoms with van der Waals surface area (Å²) in [4.78, 5) is 24.9. The Morgan fingerprint density at radius 2 is 2.14 bits per heavy atom. The molecule has 1 aliphatic rings. The molecule has 0 saturated carbocycles. The molecule has 0 saturated heterocycles. The van der Waals surface area contributed by atoms with Gasteiger partial charge in [-0.1, -0.05) is 0 Å². The maximum Gasteiger partial charge on any atom is 0.410 e. The van der Waals surface area contributed by atoms with Crippen LogP contribution >= 0.6 is 0 Å². The number of carboxylic acid groups (broad SMARTS) is 1. The molecule has 0 aromatic carbocycles. The van der Waals surface area contributed by atoms with E-state index in [0.717, 1.165) is 11.3 Å². The summed E-state index contributed by atoms with van der Waals surface area (Å²) in [6, 6.07) is 0. The molecule has 122 valence electrons. The van der Waals surface area contributed by atoms with Crippen molar-refractivity contribution < 1.29 is 19.4 Å². The highest BCUT2D eigenvalue weighted by Gasteiger charge is 2.34. The van der Waals surface area contributed by atoms with Crippen LogP contribution < -0.4 is 0 Å². The monoisotopic (exact) mass is 309 g/mol. The first-order chi connectivity index (χ1) is 10.2. The van der Waals surface area contributed by atoms with Gasteiger partial charge < -0.3 is 14.7 Å². The van der Waals surface area contributed by atoms with E-state index in [-0.39, 0.29) is 12.3 Å². The van der Waals surface area contributed by atoms with Gasteiger partial charge in [-0.15, -0.1) is 0 Å². The lowest BCUT2D eigenvalue weighted by Crippen LogP contribution is -2.41. The first-order valence-electron chi connectivity index (χ1n) is 7.45. The second kappa shape index (κ2) is 5.98. The van der Waals surface area contributed by atoms with Gasteiger partial charge in [0.2, 0.25) is 0 Å². The Balaban J connectivity index is 2.23. The number of hydrogen-bond acceptors (Lipinski definition) is 4. The fraction of sp³-hybridized carbons (Fsp3) is 0.667. The largest absolute Gasteiger partial charge is 0.481 e. The third-order valence-corrected chi connectivity index (χ3v) is 3.46. The number of nitrogens with zero attached hydrogens (tertiary/aromatic N) is 3. The molecule has 1 aliphatic heterocycles. The third kappa shape index (κ3) is 3.78. The van der Waals surface area contributed by atoms with E-state index >= 15 is 0 Å². The molecule has 0 aliphatic carbocycles. The van der Waals surface area contributed by atoms with Crippen molar-refractivity contribution >= 4 is 12.1 Å². The van der Waals surface area contributed by atoms with Crippen LogP contribution in [-0.4, -0.2) is 44.0 Å². The molecule has 1 amide bonds. The molecule has 0 radical (unpaired) electrons. The third-order valence-electron chi connectivity index (χ3n) is 3.46. The van der Waals surface area contributed by atoms with Gasteiger partial charge in [-0.2, -0.15) is 5.10 Å². The van der Waals surface area contributed by atoms with Crippen molar-refractivity contribution in [3.05, 3.63) is 17.5 Å². The van der Waals surface area contributed by atoms with Crippen LogP contribution in [0.15, 0.2) is 6.20 Å². The van der Waals surface area contributed by atoms with Crippen molar-refractivity contribution in [2.75, 3.05) is 6.54 Å². The van der Waals surface area contributed by atoms with E-state index in [0.29, 0.717) is 19.6 Å². The lowest BCUT2D eigenvalue weighted by Gasteiger charge is -2.33. The number of carbonyl (C=O) groups is 2. The Morgan fingerprint density at radius 1 is 1.45 bits per heavy atom. The van der Waals surface area contributed by atoms with Crippen LogP contribution in [0.3, 0.4) is 0 Å². The zero-order chi connectivity index (χ0) is 16.5. The first-order valence-corrected chi connectivity index (χ1v) is 7.45. The number of aliphatic carboxylic acids is 1. The number of fused-ring (bicyclic) bond motifs is 1. The number of carbonyl (C=O) groups excluding carboxylic acids is 1. The molecule has 22 heavy (non-hydrogen) atoms. The Morgan fingerprint density at radius 3 is 2.68 bits per heavy atom. The number of rotatable bonds is 3. The fourth-order valence-electron chi connectivity index (χ4n) is 2.57. The van der Waals surface area contributed by atoms with Gasteiger partial charge in [0.05, 0.1) is 18.7 Å². The average molecular weight is 309 g/mol. The number of carboxylic acids is 1. The van der Waals surface area contributed by atoms with Gasteiger partial charge in [0.15, 0.2) is 0 Å². The maximum absolute atomic E-state index is 12.3. The van der Waals surface area contributed by atoms with Gasteiger partial charge in [0, 0.05) is 30.8 Å². The summed E-state index contributed by atoms with van der Waals surface area (Å²) in [7, 11) is 0. The zero-order valence-electron chi connectivity index (χ0n) is 13.5. The predicted octanol–water partition coefficient (Wildman–Crippen LogP) is 2.21. The standard InChI is InChI=1S/C15H23N3O4/c1-5-18-9-11-8-17(14(21)22-15(2,3)4)7-10(6-12(19)20)13(11)16-18/h9-10H,5-8H2,1-4H3,(H,19,20). The Hall–Kier alpha value is -2.05. The summed E-state index contributed by atoms with van der Waals surface area (Å²) in [5.74, 6) is -1.20. The number of amides is 1. The molecule has 7 nitrogen and oxygen atoms in total. The smallest absolute Gasteiger partial charge is 0.410 e. The number of ether oxygens (including phenoxy) is 1. The molecule has 1 N–H and O–H groups in total. The molecule has 0 spiro atoms. The van der Waals surface area contributed by atoms with Crippen molar-refractivity contribution in [3.8, 4) is 0 Å². The second-order valence-corrected chi connectivity index (χ2v) is 6.55. The minimum absolute atomic E-state index is 0.0486.